The van der Waals surface area contributed by atoms with E-state index >= 15 is 0 Å². The molecule has 18 heavy (non-hydrogen) atoms. The molecule has 0 aliphatic rings. The molecule has 0 heterocycles. The summed E-state index contributed by atoms with van der Waals surface area (Å²) in [6.45, 7) is 0. The van der Waals surface area contributed by atoms with Gasteiger partial charge >= 0.3 is 0 Å². The standard InChI is InChI=1S/C13H6BrCl2NO/c14-12-2-7(6-17)1-11(13(12)18)8-3-9(15)5-10(16)4-8/h1-5,18H. The minimum Gasteiger partial charge on any atom is -0.506 e. The van der Waals surface area contributed by atoms with Crippen LogP contribution >= 0.6 is 39.1 Å². The van der Waals surface area contributed by atoms with Crippen molar-refractivity contribution in [2.45, 2.75) is 0 Å². The summed E-state index contributed by atoms with van der Waals surface area (Å²) in [5.74, 6) is 0.0485. The van der Waals surface area contributed by atoms with Gasteiger partial charge in [0, 0.05) is 15.6 Å². The van der Waals surface area contributed by atoms with Crippen LogP contribution in [0.2, 0.25) is 10.0 Å². The molecular weight excluding hydrogens is 337 g/mol. The zero-order valence-corrected chi connectivity index (χ0v) is 12.0. The van der Waals surface area contributed by atoms with Crippen molar-refractivity contribution < 1.29 is 5.11 Å². The Morgan fingerprint density at radius 1 is 1.06 bits per heavy atom. The molecule has 2 aromatic carbocycles. The van der Waals surface area contributed by atoms with Crippen molar-refractivity contribution in [3.05, 3.63) is 50.4 Å². The Morgan fingerprint density at radius 3 is 2.22 bits per heavy atom. The molecule has 2 rings (SSSR count). The van der Waals surface area contributed by atoms with Crippen LogP contribution in [-0.2, 0) is 0 Å². The summed E-state index contributed by atoms with van der Waals surface area (Å²) < 4.78 is 0.452. The van der Waals surface area contributed by atoms with Crippen LogP contribution < -0.4 is 0 Å². The Morgan fingerprint density at radius 2 is 1.67 bits per heavy atom. The van der Waals surface area contributed by atoms with Crippen LogP contribution in [0.3, 0.4) is 0 Å². The number of benzene rings is 2. The number of halogens is 3. The van der Waals surface area contributed by atoms with E-state index in [-0.39, 0.29) is 5.75 Å². The van der Waals surface area contributed by atoms with Gasteiger partial charge in [-0.15, -0.1) is 0 Å². The van der Waals surface area contributed by atoms with Gasteiger partial charge in [0.05, 0.1) is 16.1 Å². The molecule has 0 aliphatic carbocycles. The first-order valence-electron chi connectivity index (χ1n) is 4.90. The fraction of sp³-hybridized carbons (Fsp3) is 0. The van der Waals surface area contributed by atoms with Crippen molar-refractivity contribution in [3.8, 4) is 22.9 Å². The first kappa shape index (κ1) is 13.2. The maximum Gasteiger partial charge on any atom is 0.137 e. The monoisotopic (exact) mass is 341 g/mol. The van der Waals surface area contributed by atoms with Crippen molar-refractivity contribution in [1.82, 2.24) is 0 Å². The van der Waals surface area contributed by atoms with E-state index in [0.717, 1.165) is 0 Å². The highest BCUT2D eigenvalue weighted by atomic mass is 79.9. The van der Waals surface area contributed by atoms with E-state index in [1.807, 2.05) is 6.07 Å². The molecule has 0 bridgehead atoms. The number of hydrogen-bond acceptors (Lipinski definition) is 2. The fourth-order valence-corrected chi connectivity index (χ4v) is 2.58. The molecule has 90 valence electrons. The number of phenolic OH excluding ortho intramolecular Hbond substituents is 1. The molecule has 5 heteroatoms. The van der Waals surface area contributed by atoms with Crippen LogP contribution in [0.5, 0.6) is 5.75 Å². The van der Waals surface area contributed by atoms with Gasteiger partial charge < -0.3 is 5.11 Å². The molecule has 0 aromatic heterocycles. The van der Waals surface area contributed by atoms with E-state index in [9.17, 15) is 5.11 Å². The Kier molecular flexibility index (Phi) is 3.82. The molecule has 0 unspecified atom stereocenters. The van der Waals surface area contributed by atoms with Crippen LogP contribution in [0.15, 0.2) is 34.8 Å². The summed E-state index contributed by atoms with van der Waals surface area (Å²) in [7, 11) is 0. The number of phenols is 1. The lowest BCUT2D eigenvalue weighted by atomic mass is 10.0. The van der Waals surface area contributed by atoms with Gasteiger partial charge in [-0.1, -0.05) is 23.2 Å². The van der Waals surface area contributed by atoms with Gasteiger partial charge in [0.1, 0.15) is 5.75 Å². The van der Waals surface area contributed by atoms with Crippen LogP contribution in [-0.4, -0.2) is 5.11 Å². The summed E-state index contributed by atoms with van der Waals surface area (Å²) in [5.41, 5.74) is 1.60. The predicted molar refractivity (Wildman–Crippen MR) is 76.0 cm³/mol. The molecule has 2 nitrogen and oxygen atoms in total. The number of nitrogens with zero attached hydrogens (tertiary/aromatic N) is 1. The fourth-order valence-electron chi connectivity index (χ4n) is 1.59. The van der Waals surface area contributed by atoms with Crippen molar-refractivity contribution in [2.75, 3.05) is 0 Å². The van der Waals surface area contributed by atoms with Crippen molar-refractivity contribution in [3.63, 3.8) is 0 Å². The van der Waals surface area contributed by atoms with Gasteiger partial charge in [-0.25, -0.2) is 0 Å². The first-order chi connectivity index (χ1) is 8.51. The lowest BCUT2D eigenvalue weighted by Crippen LogP contribution is -1.84. The predicted octanol–water partition coefficient (Wildman–Crippen LogP) is 5.00. The summed E-state index contributed by atoms with van der Waals surface area (Å²) in [5, 5.41) is 19.9. The molecule has 0 spiro atoms. The molecule has 0 aliphatic heterocycles. The molecule has 0 saturated carbocycles. The van der Waals surface area contributed by atoms with Gasteiger partial charge in [0.25, 0.3) is 0 Å². The van der Waals surface area contributed by atoms with Crippen LogP contribution in [0.25, 0.3) is 11.1 Å². The van der Waals surface area contributed by atoms with Gasteiger partial charge in [-0.3, -0.25) is 0 Å². The van der Waals surface area contributed by atoms with Crippen molar-refractivity contribution >= 4 is 39.1 Å². The summed E-state index contributed by atoms with van der Waals surface area (Å²) in [4.78, 5) is 0. The van der Waals surface area contributed by atoms with Crippen LogP contribution in [0, 0.1) is 11.3 Å². The molecule has 2 aromatic rings. The lowest BCUT2D eigenvalue weighted by molar-refractivity contribution is 0.474. The van der Waals surface area contributed by atoms with E-state index < -0.39 is 0 Å². The highest BCUT2D eigenvalue weighted by molar-refractivity contribution is 9.10. The average molecular weight is 343 g/mol. The number of rotatable bonds is 1. The summed E-state index contributed by atoms with van der Waals surface area (Å²) >= 11 is 15.1. The van der Waals surface area contributed by atoms with Crippen molar-refractivity contribution in [2.24, 2.45) is 0 Å². The van der Waals surface area contributed by atoms with Crippen molar-refractivity contribution in [1.29, 1.82) is 5.26 Å². The molecule has 0 radical (unpaired) electrons. The third kappa shape index (κ3) is 2.62. The number of aromatic hydroxyl groups is 1. The van der Waals surface area contributed by atoms with Gasteiger partial charge in [0.2, 0.25) is 0 Å². The Hall–Kier alpha value is -1.21. The normalized spacial score (nSPS) is 10.1. The zero-order chi connectivity index (χ0) is 13.3. The maximum atomic E-state index is 10.0. The highest BCUT2D eigenvalue weighted by Gasteiger charge is 2.11. The third-order valence-corrected chi connectivity index (χ3v) is 3.41. The molecule has 0 saturated heterocycles. The minimum absolute atomic E-state index is 0.0485. The second-order valence-corrected chi connectivity index (χ2v) is 5.35. The topological polar surface area (TPSA) is 44.0 Å². The second-order valence-electron chi connectivity index (χ2n) is 3.62. The van der Waals surface area contributed by atoms with E-state index in [1.165, 1.54) is 0 Å². The average Bonchev–Trinajstić information content (AvgIpc) is 2.31. The van der Waals surface area contributed by atoms with Gasteiger partial charge in [-0.05, 0) is 51.8 Å². The van der Waals surface area contributed by atoms with Crippen LogP contribution in [0.1, 0.15) is 5.56 Å². The second kappa shape index (κ2) is 5.19. The van der Waals surface area contributed by atoms with E-state index in [4.69, 9.17) is 28.5 Å². The largest absolute Gasteiger partial charge is 0.506 e. The quantitative estimate of drug-likeness (QED) is 0.792. The molecular formula is C13H6BrCl2NO. The molecule has 0 atom stereocenters. The Bertz CT molecular complexity index is 645. The molecule has 0 fully saturated rings. The summed E-state index contributed by atoms with van der Waals surface area (Å²) in [6.07, 6.45) is 0. The highest BCUT2D eigenvalue weighted by Crippen LogP contribution is 2.38. The molecule has 0 amide bonds. The smallest absolute Gasteiger partial charge is 0.137 e. The SMILES string of the molecule is N#Cc1cc(Br)c(O)c(-c2cc(Cl)cc(Cl)c2)c1. The lowest BCUT2D eigenvalue weighted by Gasteiger charge is -2.08. The number of nitriles is 1. The summed E-state index contributed by atoms with van der Waals surface area (Å²) in [6, 6.07) is 10.1. The van der Waals surface area contributed by atoms with Crippen LogP contribution in [0.4, 0.5) is 0 Å². The zero-order valence-electron chi connectivity index (χ0n) is 8.92. The van der Waals surface area contributed by atoms with E-state index in [0.29, 0.717) is 31.2 Å². The first-order valence-corrected chi connectivity index (χ1v) is 6.45. The maximum absolute atomic E-state index is 10.0. The van der Waals surface area contributed by atoms with E-state index in [1.54, 1.807) is 30.3 Å². The number of hydrogen-bond donors (Lipinski definition) is 1. The van der Waals surface area contributed by atoms with Gasteiger partial charge in [0.15, 0.2) is 0 Å². The van der Waals surface area contributed by atoms with E-state index in [2.05, 4.69) is 15.9 Å². The molecule has 1 N–H and O–H groups in total. The van der Waals surface area contributed by atoms with Gasteiger partial charge in [-0.2, -0.15) is 5.26 Å². The minimum atomic E-state index is 0.0485. The Labute approximate surface area is 123 Å². The third-order valence-electron chi connectivity index (χ3n) is 2.37. The Balaban J connectivity index is 2.70.